The first-order valence-electron chi connectivity index (χ1n) is 6.89. The molecule has 0 saturated heterocycles. The van der Waals surface area contributed by atoms with Crippen LogP contribution in [0.25, 0.3) is 0 Å². The van der Waals surface area contributed by atoms with E-state index in [-0.39, 0.29) is 5.82 Å². The highest BCUT2D eigenvalue weighted by Crippen LogP contribution is 2.19. The van der Waals surface area contributed by atoms with Crippen molar-refractivity contribution < 1.29 is 4.39 Å². The minimum atomic E-state index is -0.121. The van der Waals surface area contributed by atoms with Gasteiger partial charge in [0.25, 0.3) is 0 Å². The molecule has 0 aliphatic rings. The second-order valence-electron chi connectivity index (χ2n) is 4.74. The van der Waals surface area contributed by atoms with Crippen molar-refractivity contribution >= 4 is 5.69 Å². The van der Waals surface area contributed by atoms with Gasteiger partial charge in [-0.15, -0.1) is 0 Å². The van der Waals surface area contributed by atoms with E-state index in [1.807, 2.05) is 24.1 Å². The molecule has 0 aromatic heterocycles. The van der Waals surface area contributed by atoms with Crippen LogP contribution in [-0.2, 0) is 6.54 Å². The van der Waals surface area contributed by atoms with E-state index in [1.54, 1.807) is 6.07 Å². The maximum Gasteiger partial charge on any atom is 0.146 e. The van der Waals surface area contributed by atoms with E-state index in [2.05, 4.69) is 19.2 Å². The summed E-state index contributed by atoms with van der Waals surface area (Å²) >= 11 is 0. The van der Waals surface area contributed by atoms with Crippen LogP contribution in [0.4, 0.5) is 10.1 Å². The Labute approximate surface area is 110 Å². The van der Waals surface area contributed by atoms with Crippen LogP contribution in [0.2, 0.25) is 0 Å². The lowest BCUT2D eigenvalue weighted by atomic mass is 10.1. The van der Waals surface area contributed by atoms with Gasteiger partial charge in [-0.05, 0) is 37.1 Å². The first-order valence-corrected chi connectivity index (χ1v) is 6.89. The molecule has 1 rings (SSSR count). The molecule has 0 aliphatic heterocycles. The Balaban J connectivity index is 2.61. The van der Waals surface area contributed by atoms with E-state index in [0.29, 0.717) is 5.69 Å². The summed E-state index contributed by atoms with van der Waals surface area (Å²) in [6.45, 7) is 6.89. The summed E-state index contributed by atoms with van der Waals surface area (Å²) in [6.07, 6.45) is 3.32. The number of anilines is 1. The van der Waals surface area contributed by atoms with Crippen molar-refractivity contribution in [3.8, 4) is 0 Å². The van der Waals surface area contributed by atoms with Gasteiger partial charge in [0.15, 0.2) is 0 Å². The highest BCUT2D eigenvalue weighted by Gasteiger charge is 2.07. The molecule has 18 heavy (non-hydrogen) atoms. The number of hydrogen-bond donors (Lipinski definition) is 1. The SMILES string of the molecule is CCCCN(C)c1ccc(CNCCC)cc1F. The lowest BCUT2D eigenvalue weighted by Gasteiger charge is -2.20. The standard InChI is InChI=1S/C15H25FN2/c1-4-6-10-18(3)15-8-7-13(11-14(15)16)12-17-9-5-2/h7-8,11,17H,4-6,9-10,12H2,1-3H3. The van der Waals surface area contributed by atoms with Crippen molar-refractivity contribution in [3.05, 3.63) is 29.6 Å². The molecule has 0 atom stereocenters. The molecule has 1 N–H and O–H groups in total. The van der Waals surface area contributed by atoms with E-state index >= 15 is 0 Å². The highest BCUT2D eigenvalue weighted by molar-refractivity contribution is 5.48. The van der Waals surface area contributed by atoms with E-state index in [1.165, 1.54) is 0 Å². The Morgan fingerprint density at radius 2 is 2.00 bits per heavy atom. The number of nitrogens with zero attached hydrogens (tertiary/aromatic N) is 1. The van der Waals surface area contributed by atoms with Crippen LogP contribution in [0.15, 0.2) is 18.2 Å². The summed E-state index contributed by atoms with van der Waals surface area (Å²) in [4.78, 5) is 1.99. The predicted octanol–water partition coefficient (Wildman–Crippen LogP) is 3.56. The van der Waals surface area contributed by atoms with Crippen LogP contribution in [0.3, 0.4) is 0 Å². The summed E-state index contributed by atoms with van der Waals surface area (Å²) < 4.78 is 14.0. The maximum atomic E-state index is 14.0. The molecule has 0 spiro atoms. The lowest BCUT2D eigenvalue weighted by Crippen LogP contribution is -2.20. The number of hydrogen-bond acceptors (Lipinski definition) is 2. The van der Waals surface area contributed by atoms with Gasteiger partial charge in [-0.3, -0.25) is 0 Å². The van der Waals surface area contributed by atoms with Gasteiger partial charge in [-0.25, -0.2) is 4.39 Å². The summed E-state index contributed by atoms with van der Waals surface area (Å²) in [7, 11) is 1.95. The fraction of sp³-hybridized carbons (Fsp3) is 0.600. The number of halogens is 1. The predicted molar refractivity (Wildman–Crippen MR) is 76.6 cm³/mol. The van der Waals surface area contributed by atoms with Gasteiger partial charge in [0.05, 0.1) is 5.69 Å². The van der Waals surface area contributed by atoms with Crippen molar-refractivity contribution in [2.45, 2.75) is 39.7 Å². The Hall–Kier alpha value is -1.09. The number of nitrogens with one attached hydrogen (secondary N) is 1. The third-order valence-corrected chi connectivity index (χ3v) is 3.03. The van der Waals surface area contributed by atoms with Crippen molar-refractivity contribution in [3.63, 3.8) is 0 Å². The van der Waals surface area contributed by atoms with E-state index in [4.69, 9.17) is 0 Å². The quantitative estimate of drug-likeness (QED) is 0.712. The van der Waals surface area contributed by atoms with E-state index in [0.717, 1.165) is 44.5 Å². The molecule has 0 amide bonds. The van der Waals surface area contributed by atoms with E-state index in [9.17, 15) is 4.39 Å². The van der Waals surface area contributed by atoms with Gasteiger partial charge in [-0.2, -0.15) is 0 Å². The van der Waals surface area contributed by atoms with Crippen molar-refractivity contribution in [1.82, 2.24) is 5.32 Å². The molecule has 0 saturated carbocycles. The first-order chi connectivity index (χ1) is 8.69. The van der Waals surface area contributed by atoms with Crippen molar-refractivity contribution in [2.75, 3.05) is 25.0 Å². The third kappa shape index (κ3) is 4.65. The van der Waals surface area contributed by atoms with Gasteiger partial charge in [0.2, 0.25) is 0 Å². The zero-order chi connectivity index (χ0) is 13.4. The van der Waals surface area contributed by atoms with Crippen molar-refractivity contribution in [1.29, 1.82) is 0 Å². The fourth-order valence-corrected chi connectivity index (χ4v) is 1.90. The second kappa shape index (κ2) is 8.09. The molecule has 0 unspecified atom stereocenters. The largest absolute Gasteiger partial charge is 0.372 e. The Morgan fingerprint density at radius 1 is 1.22 bits per heavy atom. The molecule has 0 bridgehead atoms. The number of unbranched alkanes of at least 4 members (excludes halogenated alkanes) is 1. The van der Waals surface area contributed by atoms with Gasteiger partial charge < -0.3 is 10.2 Å². The minimum Gasteiger partial charge on any atom is -0.372 e. The number of rotatable bonds is 8. The average molecular weight is 252 g/mol. The summed E-state index contributed by atoms with van der Waals surface area (Å²) in [5, 5.41) is 3.28. The number of benzene rings is 1. The molecule has 0 heterocycles. The molecule has 0 aliphatic carbocycles. The van der Waals surface area contributed by atoms with Crippen molar-refractivity contribution in [2.24, 2.45) is 0 Å². The van der Waals surface area contributed by atoms with Crippen LogP contribution >= 0.6 is 0 Å². The zero-order valence-corrected chi connectivity index (χ0v) is 11.8. The monoisotopic (exact) mass is 252 g/mol. The lowest BCUT2D eigenvalue weighted by molar-refractivity contribution is 0.612. The van der Waals surface area contributed by atoms with Crippen LogP contribution in [0, 0.1) is 5.82 Å². The maximum absolute atomic E-state index is 14.0. The molecule has 0 fully saturated rings. The Bertz CT molecular complexity index is 352. The van der Waals surface area contributed by atoms with Gasteiger partial charge >= 0.3 is 0 Å². The van der Waals surface area contributed by atoms with E-state index < -0.39 is 0 Å². The summed E-state index contributed by atoms with van der Waals surface area (Å²) in [6, 6.07) is 5.53. The molecule has 102 valence electrons. The van der Waals surface area contributed by atoms with Crippen LogP contribution < -0.4 is 10.2 Å². The Morgan fingerprint density at radius 3 is 2.61 bits per heavy atom. The zero-order valence-electron chi connectivity index (χ0n) is 11.8. The fourth-order valence-electron chi connectivity index (χ4n) is 1.90. The molecule has 2 nitrogen and oxygen atoms in total. The third-order valence-electron chi connectivity index (χ3n) is 3.03. The van der Waals surface area contributed by atoms with Gasteiger partial charge in [0.1, 0.15) is 5.82 Å². The molecule has 0 radical (unpaired) electrons. The Kier molecular flexibility index (Phi) is 6.73. The molecular weight excluding hydrogens is 227 g/mol. The average Bonchev–Trinajstić information content (AvgIpc) is 2.36. The second-order valence-corrected chi connectivity index (χ2v) is 4.74. The van der Waals surface area contributed by atoms with Gasteiger partial charge in [0, 0.05) is 20.1 Å². The first kappa shape index (κ1) is 15.0. The topological polar surface area (TPSA) is 15.3 Å². The smallest absolute Gasteiger partial charge is 0.146 e. The van der Waals surface area contributed by atoms with Crippen LogP contribution in [0.1, 0.15) is 38.7 Å². The normalized spacial score (nSPS) is 10.7. The van der Waals surface area contributed by atoms with Gasteiger partial charge in [-0.1, -0.05) is 26.3 Å². The summed E-state index contributed by atoms with van der Waals surface area (Å²) in [5.41, 5.74) is 1.70. The van der Waals surface area contributed by atoms with Crippen LogP contribution in [0.5, 0.6) is 0 Å². The highest BCUT2D eigenvalue weighted by atomic mass is 19.1. The summed E-state index contributed by atoms with van der Waals surface area (Å²) in [5.74, 6) is -0.121. The molecule has 1 aromatic rings. The van der Waals surface area contributed by atoms with Crippen LogP contribution in [-0.4, -0.2) is 20.1 Å². The molecule has 1 aromatic carbocycles. The minimum absolute atomic E-state index is 0.121. The molecular formula is C15H25FN2. The molecule has 3 heteroatoms.